The van der Waals surface area contributed by atoms with Gasteiger partial charge in [-0.15, -0.1) is 0 Å². The molecule has 0 N–H and O–H groups in total. The number of nitrogens with zero attached hydrogens (tertiary/aromatic N) is 1. The Hall–Kier alpha value is 0.440. The molecular formula is C9H20BrN. The third-order valence-electron chi connectivity index (χ3n) is 1.56. The Labute approximate surface area is 79.3 Å². The van der Waals surface area contributed by atoms with Crippen LogP contribution in [-0.2, 0) is 0 Å². The maximum atomic E-state index is 3.48. The van der Waals surface area contributed by atoms with Crippen LogP contribution in [-0.4, -0.2) is 30.4 Å². The van der Waals surface area contributed by atoms with E-state index in [4.69, 9.17) is 0 Å². The Morgan fingerprint density at radius 2 is 1.73 bits per heavy atom. The van der Waals surface area contributed by atoms with Crippen molar-refractivity contribution in [3.8, 4) is 0 Å². The van der Waals surface area contributed by atoms with Gasteiger partial charge in [-0.25, -0.2) is 0 Å². The predicted molar refractivity (Wildman–Crippen MR) is 55.3 cm³/mol. The Kier molecular flexibility index (Phi) is 6.25. The lowest BCUT2D eigenvalue weighted by molar-refractivity contribution is 0.267. The first-order chi connectivity index (χ1) is 5.06. The van der Waals surface area contributed by atoms with Gasteiger partial charge in [0.2, 0.25) is 0 Å². The minimum Gasteiger partial charge on any atom is -0.306 e. The van der Waals surface area contributed by atoms with E-state index >= 15 is 0 Å². The highest BCUT2D eigenvalue weighted by Gasteiger charge is 2.05. The van der Waals surface area contributed by atoms with Crippen LogP contribution in [0.1, 0.15) is 20.8 Å². The Bertz CT molecular complexity index is 93.6. The van der Waals surface area contributed by atoms with Gasteiger partial charge in [0.05, 0.1) is 0 Å². The van der Waals surface area contributed by atoms with Gasteiger partial charge >= 0.3 is 0 Å². The minimum atomic E-state index is 0.763. The SMILES string of the molecule is CC(C)CN(C)CC(C)CBr. The molecule has 0 aliphatic carbocycles. The molecule has 0 aliphatic heterocycles. The lowest BCUT2D eigenvalue weighted by atomic mass is 10.1. The maximum Gasteiger partial charge on any atom is 0.00692 e. The average Bonchev–Trinajstić information content (AvgIpc) is 1.85. The molecule has 0 aliphatic rings. The van der Waals surface area contributed by atoms with E-state index in [0.717, 1.165) is 17.2 Å². The molecule has 1 atom stereocenters. The lowest BCUT2D eigenvalue weighted by Gasteiger charge is -2.21. The van der Waals surface area contributed by atoms with E-state index in [-0.39, 0.29) is 0 Å². The second kappa shape index (κ2) is 6.01. The number of rotatable bonds is 5. The van der Waals surface area contributed by atoms with Crippen LogP contribution < -0.4 is 0 Å². The first kappa shape index (κ1) is 11.4. The van der Waals surface area contributed by atoms with E-state index in [2.05, 4.69) is 48.6 Å². The highest BCUT2D eigenvalue weighted by molar-refractivity contribution is 9.09. The first-order valence-corrected chi connectivity index (χ1v) is 5.43. The third kappa shape index (κ3) is 6.82. The van der Waals surface area contributed by atoms with Crippen LogP contribution >= 0.6 is 15.9 Å². The van der Waals surface area contributed by atoms with E-state index in [1.807, 2.05) is 0 Å². The van der Waals surface area contributed by atoms with Crippen LogP contribution in [0.5, 0.6) is 0 Å². The molecule has 0 fully saturated rings. The standard InChI is InChI=1S/C9H20BrN/c1-8(2)6-11(4)7-9(3)5-10/h8-9H,5-7H2,1-4H3. The molecule has 0 aromatic rings. The molecule has 0 saturated heterocycles. The van der Waals surface area contributed by atoms with Crippen molar-refractivity contribution in [2.45, 2.75) is 20.8 Å². The fourth-order valence-corrected chi connectivity index (χ4v) is 1.48. The molecule has 0 amide bonds. The van der Waals surface area contributed by atoms with Gasteiger partial charge in [0.15, 0.2) is 0 Å². The van der Waals surface area contributed by atoms with Crippen LogP contribution in [0.25, 0.3) is 0 Å². The van der Waals surface area contributed by atoms with Crippen molar-refractivity contribution < 1.29 is 0 Å². The van der Waals surface area contributed by atoms with Crippen molar-refractivity contribution in [2.75, 3.05) is 25.5 Å². The summed E-state index contributed by atoms with van der Waals surface area (Å²) in [6.45, 7) is 9.19. The molecule has 0 rings (SSSR count). The van der Waals surface area contributed by atoms with Crippen LogP contribution in [0, 0.1) is 11.8 Å². The van der Waals surface area contributed by atoms with Crippen molar-refractivity contribution in [3.05, 3.63) is 0 Å². The van der Waals surface area contributed by atoms with Crippen LogP contribution in [0.3, 0.4) is 0 Å². The molecule has 0 heterocycles. The topological polar surface area (TPSA) is 3.24 Å². The van der Waals surface area contributed by atoms with E-state index < -0.39 is 0 Å². The number of alkyl halides is 1. The Morgan fingerprint density at radius 1 is 1.18 bits per heavy atom. The van der Waals surface area contributed by atoms with E-state index in [1.54, 1.807) is 0 Å². The summed E-state index contributed by atoms with van der Waals surface area (Å²) in [4.78, 5) is 2.40. The maximum absolute atomic E-state index is 3.48. The summed E-state index contributed by atoms with van der Waals surface area (Å²) in [6, 6.07) is 0. The van der Waals surface area contributed by atoms with Gasteiger partial charge in [0.1, 0.15) is 0 Å². The fraction of sp³-hybridized carbons (Fsp3) is 1.00. The van der Waals surface area contributed by atoms with Gasteiger partial charge in [-0.2, -0.15) is 0 Å². The summed E-state index contributed by atoms with van der Waals surface area (Å²) in [5.41, 5.74) is 0. The molecule has 1 unspecified atom stereocenters. The highest BCUT2D eigenvalue weighted by atomic mass is 79.9. The fourth-order valence-electron chi connectivity index (χ4n) is 1.28. The number of hydrogen-bond acceptors (Lipinski definition) is 1. The van der Waals surface area contributed by atoms with Gasteiger partial charge in [-0.05, 0) is 18.9 Å². The minimum absolute atomic E-state index is 0.763. The van der Waals surface area contributed by atoms with Crippen molar-refractivity contribution in [2.24, 2.45) is 11.8 Å². The van der Waals surface area contributed by atoms with E-state index in [0.29, 0.717) is 0 Å². The van der Waals surface area contributed by atoms with Gasteiger partial charge in [0, 0.05) is 18.4 Å². The Balaban J connectivity index is 3.43. The summed E-state index contributed by atoms with van der Waals surface area (Å²) >= 11 is 3.48. The molecule has 0 aromatic heterocycles. The number of hydrogen-bond donors (Lipinski definition) is 0. The predicted octanol–water partition coefficient (Wildman–Crippen LogP) is 2.61. The first-order valence-electron chi connectivity index (χ1n) is 4.30. The smallest absolute Gasteiger partial charge is 0.00692 e. The third-order valence-corrected chi connectivity index (χ3v) is 2.67. The van der Waals surface area contributed by atoms with Crippen LogP contribution in [0.2, 0.25) is 0 Å². The molecule has 2 heteroatoms. The largest absolute Gasteiger partial charge is 0.306 e. The van der Waals surface area contributed by atoms with Crippen molar-refractivity contribution in [3.63, 3.8) is 0 Å². The zero-order chi connectivity index (χ0) is 8.85. The van der Waals surface area contributed by atoms with Crippen LogP contribution in [0.15, 0.2) is 0 Å². The van der Waals surface area contributed by atoms with E-state index in [9.17, 15) is 0 Å². The quantitative estimate of drug-likeness (QED) is 0.646. The molecule has 0 spiro atoms. The average molecular weight is 222 g/mol. The molecule has 11 heavy (non-hydrogen) atoms. The lowest BCUT2D eigenvalue weighted by Crippen LogP contribution is -2.28. The monoisotopic (exact) mass is 221 g/mol. The summed E-state index contributed by atoms with van der Waals surface area (Å²) in [7, 11) is 2.19. The van der Waals surface area contributed by atoms with Gasteiger partial charge in [-0.3, -0.25) is 0 Å². The highest BCUT2D eigenvalue weighted by Crippen LogP contribution is 2.03. The van der Waals surface area contributed by atoms with Gasteiger partial charge in [-0.1, -0.05) is 36.7 Å². The number of halogens is 1. The molecule has 0 bridgehead atoms. The van der Waals surface area contributed by atoms with E-state index in [1.165, 1.54) is 13.1 Å². The van der Waals surface area contributed by atoms with Crippen molar-refractivity contribution >= 4 is 15.9 Å². The molecule has 1 nitrogen and oxygen atoms in total. The summed E-state index contributed by atoms with van der Waals surface area (Å²) < 4.78 is 0. The summed E-state index contributed by atoms with van der Waals surface area (Å²) in [5, 5.41) is 1.11. The van der Waals surface area contributed by atoms with Gasteiger partial charge in [0.25, 0.3) is 0 Å². The molecular weight excluding hydrogens is 202 g/mol. The van der Waals surface area contributed by atoms with Gasteiger partial charge < -0.3 is 4.90 Å². The molecule has 0 saturated carbocycles. The molecule has 0 radical (unpaired) electrons. The summed E-state index contributed by atoms with van der Waals surface area (Å²) in [5.74, 6) is 1.54. The molecule has 68 valence electrons. The normalized spacial score (nSPS) is 14.5. The van der Waals surface area contributed by atoms with Crippen molar-refractivity contribution in [1.29, 1.82) is 0 Å². The molecule has 0 aromatic carbocycles. The van der Waals surface area contributed by atoms with Crippen LogP contribution in [0.4, 0.5) is 0 Å². The summed E-state index contributed by atoms with van der Waals surface area (Å²) in [6.07, 6.45) is 0. The zero-order valence-corrected chi connectivity index (χ0v) is 9.69. The zero-order valence-electron chi connectivity index (χ0n) is 8.10. The second-order valence-corrected chi connectivity index (χ2v) is 4.52. The Morgan fingerprint density at radius 3 is 2.09 bits per heavy atom. The second-order valence-electron chi connectivity index (χ2n) is 3.87. The van der Waals surface area contributed by atoms with Crippen molar-refractivity contribution in [1.82, 2.24) is 4.90 Å².